The highest BCUT2D eigenvalue weighted by molar-refractivity contribution is 7.87. The molecule has 0 radical (unpaired) electrons. The maximum Gasteiger partial charge on any atom is 0.339 e. The Kier molecular flexibility index (Phi) is 5.64. The van der Waals surface area contributed by atoms with Gasteiger partial charge in [-0.2, -0.15) is 16.8 Å². The van der Waals surface area contributed by atoms with Crippen molar-refractivity contribution >= 4 is 31.8 Å². The van der Waals surface area contributed by atoms with E-state index in [1.807, 2.05) is 0 Å². The van der Waals surface area contributed by atoms with Gasteiger partial charge in [0, 0.05) is 12.2 Å². The predicted octanol–water partition coefficient (Wildman–Crippen LogP) is 2.33. The molecule has 0 unspecified atom stereocenters. The van der Waals surface area contributed by atoms with Crippen molar-refractivity contribution in [1.82, 2.24) is 0 Å². The molecule has 0 N–H and O–H groups in total. The van der Waals surface area contributed by atoms with E-state index in [0.717, 1.165) is 0 Å². The predicted molar refractivity (Wildman–Crippen MR) is 105 cm³/mol. The van der Waals surface area contributed by atoms with Crippen LogP contribution in [0, 0.1) is 13.8 Å². The summed E-state index contributed by atoms with van der Waals surface area (Å²) in [5.74, 6) is -3.57. The van der Waals surface area contributed by atoms with Gasteiger partial charge in [-0.15, -0.1) is 0 Å². The fourth-order valence-electron chi connectivity index (χ4n) is 2.65. The summed E-state index contributed by atoms with van der Waals surface area (Å²) in [5, 5.41) is 0. The van der Waals surface area contributed by atoms with E-state index in [0.29, 0.717) is 23.3 Å². The standard InChI is InChI=1S/C20H16O8S2/c1-13-7-3-5-9-19(13)29(23,24)27-17-11-16(22)18(12-15(17)21)28-30(25,26)20-10-6-4-8-14(20)2/h3-12H,1-2H3. The Balaban J connectivity index is 1.84. The third kappa shape index (κ3) is 4.34. The molecular formula is C20H16O8S2. The SMILES string of the molecule is Cc1ccccc1S(=O)(=O)OC1=CC(=O)C(OS(=O)(=O)c2ccccc2C)=CC1=O. The van der Waals surface area contributed by atoms with Gasteiger partial charge in [0.05, 0.1) is 0 Å². The van der Waals surface area contributed by atoms with Crippen molar-refractivity contribution in [1.29, 1.82) is 0 Å². The fourth-order valence-corrected chi connectivity index (χ4v) is 4.98. The molecule has 0 aliphatic heterocycles. The first-order valence-electron chi connectivity index (χ1n) is 8.53. The number of hydrogen-bond acceptors (Lipinski definition) is 8. The van der Waals surface area contributed by atoms with E-state index in [2.05, 4.69) is 0 Å². The molecule has 0 spiro atoms. The fraction of sp³-hybridized carbons (Fsp3) is 0.100. The molecule has 0 fully saturated rings. The number of carbonyl (C=O) groups excluding carboxylic acids is 2. The molecule has 0 amide bonds. The summed E-state index contributed by atoms with van der Waals surface area (Å²) in [6.07, 6.45) is 1.17. The van der Waals surface area contributed by atoms with E-state index in [1.165, 1.54) is 24.3 Å². The number of hydrogen-bond donors (Lipinski definition) is 0. The van der Waals surface area contributed by atoms with Crippen molar-refractivity contribution in [3.63, 3.8) is 0 Å². The molecule has 8 nitrogen and oxygen atoms in total. The van der Waals surface area contributed by atoms with Gasteiger partial charge in [0.2, 0.25) is 11.6 Å². The minimum atomic E-state index is -4.38. The zero-order chi connectivity index (χ0) is 22.1. The maximum atomic E-state index is 12.4. The smallest absolute Gasteiger partial charge is 0.339 e. The highest BCUT2D eigenvalue weighted by Gasteiger charge is 2.31. The first kappa shape index (κ1) is 21.5. The average molecular weight is 448 g/mol. The molecule has 0 aromatic heterocycles. The highest BCUT2D eigenvalue weighted by atomic mass is 32.2. The molecule has 30 heavy (non-hydrogen) atoms. The Labute approximate surface area is 173 Å². The van der Waals surface area contributed by atoms with Crippen LogP contribution in [0.15, 0.2) is 82.0 Å². The first-order valence-corrected chi connectivity index (χ1v) is 11.4. The summed E-state index contributed by atoms with van der Waals surface area (Å²) < 4.78 is 59.4. The van der Waals surface area contributed by atoms with Crippen molar-refractivity contribution in [2.75, 3.05) is 0 Å². The lowest BCUT2D eigenvalue weighted by molar-refractivity contribution is -0.117. The summed E-state index contributed by atoms with van der Waals surface area (Å²) in [6.45, 7) is 3.08. The van der Waals surface area contributed by atoms with Gasteiger partial charge in [0.25, 0.3) is 0 Å². The minimum Gasteiger partial charge on any atom is -0.375 e. The van der Waals surface area contributed by atoms with Crippen LogP contribution in [0.25, 0.3) is 0 Å². The molecule has 0 saturated heterocycles. The van der Waals surface area contributed by atoms with Gasteiger partial charge in [-0.25, -0.2) is 0 Å². The summed E-state index contributed by atoms with van der Waals surface area (Å²) in [7, 11) is -8.76. The Hall–Kier alpha value is -3.24. The summed E-state index contributed by atoms with van der Waals surface area (Å²) in [5.41, 5.74) is 0.771. The van der Waals surface area contributed by atoms with E-state index in [4.69, 9.17) is 8.37 Å². The second-order valence-electron chi connectivity index (χ2n) is 6.35. The van der Waals surface area contributed by atoms with Crippen molar-refractivity contribution in [2.24, 2.45) is 0 Å². The van der Waals surface area contributed by atoms with E-state index < -0.39 is 43.3 Å². The van der Waals surface area contributed by atoms with Gasteiger partial charge in [-0.05, 0) is 37.1 Å². The Bertz CT molecular complexity index is 1210. The molecule has 1 aliphatic carbocycles. The molecule has 156 valence electrons. The summed E-state index contributed by atoms with van der Waals surface area (Å²) in [6, 6.07) is 11.9. The summed E-state index contributed by atoms with van der Waals surface area (Å²) in [4.78, 5) is 24.2. The second kappa shape index (κ2) is 7.88. The Morgan fingerprint density at radius 3 is 1.27 bits per heavy atom. The average Bonchev–Trinajstić information content (AvgIpc) is 2.66. The van der Waals surface area contributed by atoms with Crippen LogP contribution >= 0.6 is 0 Å². The quantitative estimate of drug-likeness (QED) is 0.488. The van der Waals surface area contributed by atoms with Crippen LogP contribution in [0.2, 0.25) is 0 Å². The van der Waals surface area contributed by atoms with Crippen molar-refractivity contribution in [2.45, 2.75) is 23.6 Å². The number of carbonyl (C=O) groups is 2. The van der Waals surface area contributed by atoms with Crippen LogP contribution in [-0.2, 0) is 38.2 Å². The topological polar surface area (TPSA) is 121 Å². The van der Waals surface area contributed by atoms with Crippen LogP contribution in [0.1, 0.15) is 11.1 Å². The zero-order valence-corrected chi connectivity index (χ0v) is 17.5. The molecule has 0 heterocycles. The van der Waals surface area contributed by atoms with Gasteiger partial charge in [0.15, 0.2) is 11.5 Å². The van der Waals surface area contributed by atoms with Crippen molar-refractivity contribution in [3.05, 3.63) is 83.3 Å². The van der Waals surface area contributed by atoms with Gasteiger partial charge in [-0.1, -0.05) is 36.4 Å². The third-order valence-corrected chi connectivity index (χ3v) is 6.93. The number of allylic oxidation sites excluding steroid dienone is 2. The molecule has 1 aliphatic rings. The highest BCUT2D eigenvalue weighted by Crippen LogP contribution is 2.25. The molecule has 0 saturated carbocycles. The van der Waals surface area contributed by atoms with Crippen LogP contribution in [0.5, 0.6) is 0 Å². The van der Waals surface area contributed by atoms with Crippen LogP contribution in [0.4, 0.5) is 0 Å². The van der Waals surface area contributed by atoms with Crippen molar-refractivity contribution in [3.8, 4) is 0 Å². The molecule has 0 atom stereocenters. The van der Waals surface area contributed by atoms with E-state index in [-0.39, 0.29) is 9.79 Å². The molecule has 2 aromatic carbocycles. The number of benzene rings is 2. The zero-order valence-electron chi connectivity index (χ0n) is 15.9. The number of aryl methyl sites for hydroxylation is 2. The number of ketones is 2. The van der Waals surface area contributed by atoms with Crippen LogP contribution < -0.4 is 0 Å². The minimum absolute atomic E-state index is 0.167. The lowest BCUT2D eigenvalue weighted by Gasteiger charge is -2.15. The molecule has 3 rings (SSSR count). The molecule has 2 aromatic rings. The number of rotatable bonds is 6. The normalized spacial score (nSPS) is 14.7. The molecule has 0 bridgehead atoms. The first-order chi connectivity index (χ1) is 14.0. The lowest BCUT2D eigenvalue weighted by Crippen LogP contribution is -2.21. The largest absolute Gasteiger partial charge is 0.375 e. The van der Waals surface area contributed by atoms with Gasteiger partial charge < -0.3 is 8.37 Å². The van der Waals surface area contributed by atoms with Crippen LogP contribution in [-0.4, -0.2) is 28.4 Å². The molecule has 10 heteroatoms. The van der Waals surface area contributed by atoms with E-state index in [1.54, 1.807) is 38.1 Å². The van der Waals surface area contributed by atoms with Crippen molar-refractivity contribution < 1.29 is 34.8 Å². The summed E-state index contributed by atoms with van der Waals surface area (Å²) >= 11 is 0. The second-order valence-corrected chi connectivity index (χ2v) is 9.38. The maximum absolute atomic E-state index is 12.4. The lowest BCUT2D eigenvalue weighted by atomic mass is 10.1. The monoisotopic (exact) mass is 448 g/mol. The van der Waals surface area contributed by atoms with Gasteiger partial charge in [0.1, 0.15) is 9.79 Å². The third-order valence-electron chi connectivity index (χ3n) is 4.13. The molecular weight excluding hydrogens is 432 g/mol. The van der Waals surface area contributed by atoms with E-state index >= 15 is 0 Å². The van der Waals surface area contributed by atoms with E-state index in [9.17, 15) is 26.4 Å². The van der Waals surface area contributed by atoms with Gasteiger partial charge in [-0.3, -0.25) is 9.59 Å². The van der Waals surface area contributed by atoms with Crippen LogP contribution in [0.3, 0.4) is 0 Å². The van der Waals surface area contributed by atoms with Gasteiger partial charge >= 0.3 is 20.2 Å². The Morgan fingerprint density at radius 1 is 0.600 bits per heavy atom. The Morgan fingerprint density at radius 2 is 0.933 bits per heavy atom.